The van der Waals surface area contributed by atoms with Crippen molar-refractivity contribution in [2.45, 2.75) is 19.1 Å². The number of hydrogen-bond acceptors (Lipinski definition) is 5. The maximum absolute atomic E-state index is 12.9. The molecular weight excluding hydrogens is 415 g/mol. The number of nitrogens with zero attached hydrogens (tertiary/aromatic N) is 2. The average Bonchev–Trinajstić information content (AvgIpc) is 3.09. The first kappa shape index (κ1) is 20.4. The summed E-state index contributed by atoms with van der Waals surface area (Å²) in [6.07, 6.45) is -3.61. The third kappa shape index (κ3) is 4.63. The average molecular weight is 433 g/mol. The largest absolute Gasteiger partial charge is 0.457 e. The second-order valence-corrected chi connectivity index (χ2v) is 8.07. The van der Waals surface area contributed by atoms with Gasteiger partial charge in [0.05, 0.1) is 11.3 Å². The number of carbonyl (C=O) groups excluding carboxylic acids is 1. The van der Waals surface area contributed by atoms with Crippen molar-refractivity contribution < 1.29 is 22.7 Å². The number of hydrogen-bond donors (Lipinski definition) is 1. The van der Waals surface area contributed by atoms with Crippen LogP contribution in [0.1, 0.15) is 26.5 Å². The quantitative estimate of drug-likeness (QED) is 0.615. The molecule has 0 bridgehead atoms. The van der Waals surface area contributed by atoms with Crippen LogP contribution < -0.4 is 10.1 Å². The summed E-state index contributed by atoms with van der Waals surface area (Å²) in [5, 5.41) is 3.33. The van der Waals surface area contributed by atoms with Gasteiger partial charge in [-0.3, -0.25) is 10.1 Å². The summed E-state index contributed by atoms with van der Waals surface area (Å²) in [5.41, 5.74) is 0.534. The number of alkyl halides is 3. The molecule has 0 saturated heterocycles. The van der Waals surface area contributed by atoms with Crippen molar-refractivity contribution in [1.82, 2.24) is 9.88 Å². The van der Waals surface area contributed by atoms with E-state index in [1.807, 2.05) is 7.05 Å². The predicted octanol–water partition coefficient (Wildman–Crippen LogP) is 5.19. The molecule has 0 atom stereocenters. The van der Waals surface area contributed by atoms with Crippen LogP contribution in [0.3, 0.4) is 0 Å². The minimum atomic E-state index is -4.46. The molecule has 0 fully saturated rings. The fourth-order valence-electron chi connectivity index (χ4n) is 3.12. The Morgan fingerprint density at radius 1 is 1.17 bits per heavy atom. The molecule has 1 aromatic heterocycles. The number of halogens is 3. The first-order chi connectivity index (χ1) is 14.3. The van der Waals surface area contributed by atoms with Crippen molar-refractivity contribution >= 4 is 22.4 Å². The van der Waals surface area contributed by atoms with E-state index in [0.29, 0.717) is 10.7 Å². The summed E-state index contributed by atoms with van der Waals surface area (Å²) in [6.45, 7) is 1.74. The van der Waals surface area contributed by atoms with E-state index < -0.39 is 11.7 Å². The summed E-state index contributed by atoms with van der Waals surface area (Å²) in [7, 11) is 2.04. The van der Waals surface area contributed by atoms with Crippen molar-refractivity contribution in [3.05, 3.63) is 70.2 Å². The lowest BCUT2D eigenvalue weighted by atomic mass is 10.2. The van der Waals surface area contributed by atoms with Gasteiger partial charge in [-0.1, -0.05) is 12.1 Å². The summed E-state index contributed by atoms with van der Waals surface area (Å²) in [6, 6.07) is 10.9. The molecule has 3 aromatic rings. The number of ether oxygens (including phenoxy) is 1. The Hall–Kier alpha value is -2.91. The van der Waals surface area contributed by atoms with Crippen LogP contribution in [0.15, 0.2) is 48.5 Å². The summed E-state index contributed by atoms with van der Waals surface area (Å²) >= 11 is 1.45. The highest BCUT2D eigenvalue weighted by Gasteiger charge is 2.30. The van der Waals surface area contributed by atoms with Gasteiger partial charge in [-0.2, -0.15) is 13.2 Å². The summed E-state index contributed by atoms with van der Waals surface area (Å²) in [5.74, 6) is -0.0509. The van der Waals surface area contributed by atoms with Gasteiger partial charge >= 0.3 is 6.18 Å². The van der Waals surface area contributed by atoms with Gasteiger partial charge in [0.1, 0.15) is 11.5 Å². The first-order valence-corrected chi connectivity index (χ1v) is 10.0. The highest BCUT2D eigenvalue weighted by Crippen LogP contribution is 2.33. The monoisotopic (exact) mass is 433 g/mol. The zero-order chi connectivity index (χ0) is 21.3. The van der Waals surface area contributed by atoms with Crippen LogP contribution >= 0.6 is 11.3 Å². The van der Waals surface area contributed by atoms with Crippen LogP contribution in [-0.4, -0.2) is 29.4 Å². The van der Waals surface area contributed by atoms with E-state index in [4.69, 9.17) is 4.74 Å². The number of carbonyl (C=O) groups is 1. The Bertz CT molecular complexity index is 1080. The van der Waals surface area contributed by atoms with Crippen LogP contribution in [-0.2, 0) is 19.1 Å². The molecule has 30 heavy (non-hydrogen) atoms. The van der Waals surface area contributed by atoms with E-state index in [2.05, 4.69) is 15.2 Å². The fraction of sp³-hybridized carbons (Fsp3) is 0.238. The van der Waals surface area contributed by atoms with Crippen molar-refractivity contribution in [3.8, 4) is 11.5 Å². The number of benzene rings is 2. The molecule has 0 unspecified atom stereocenters. The molecular formula is C21H18F3N3O2S. The molecule has 0 radical (unpaired) electrons. The number of fused-ring (bicyclic) bond motifs is 1. The Balaban J connectivity index is 1.48. The van der Waals surface area contributed by atoms with Gasteiger partial charge in [-0.25, -0.2) is 4.98 Å². The molecule has 0 spiro atoms. The Kier molecular flexibility index (Phi) is 5.48. The maximum Gasteiger partial charge on any atom is 0.416 e. The second-order valence-electron chi connectivity index (χ2n) is 6.99. The molecule has 2 heterocycles. The lowest BCUT2D eigenvalue weighted by molar-refractivity contribution is -0.137. The SMILES string of the molecule is CN1CCc2nc(NC(=O)c3cccc(Oc4cccc(C(F)(F)F)c4)c3)sc2C1. The van der Waals surface area contributed by atoms with E-state index >= 15 is 0 Å². The Morgan fingerprint density at radius 3 is 2.67 bits per heavy atom. The van der Waals surface area contributed by atoms with Gasteiger partial charge in [0.2, 0.25) is 0 Å². The van der Waals surface area contributed by atoms with E-state index in [1.54, 1.807) is 18.2 Å². The zero-order valence-corrected chi connectivity index (χ0v) is 16.8. The van der Waals surface area contributed by atoms with Gasteiger partial charge in [0.25, 0.3) is 5.91 Å². The number of rotatable bonds is 4. The zero-order valence-electron chi connectivity index (χ0n) is 16.0. The lowest BCUT2D eigenvalue weighted by Crippen LogP contribution is -2.25. The van der Waals surface area contributed by atoms with Crippen LogP contribution in [0.25, 0.3) is 0 Å². The van der Waals surface area contributed by atoms with E-state index in [9.17, 15) is 18.0 Å². The molecule has 1 aliphatic rings. The van der Waals surface area contributed by atoms with Gasteiger partial charge in [0, 0.05) is 30.0 Å². The molecule has 5 nitrogen and oxygen atoms in total. The lowest BCUT2D eigenvalue weighted by Gasteiger charge is -2.20. The Morgan fingerprint density at radius 2 is 1.90 bits per heavy atom. The van der Waals surface area contributed by atoms with E-state index in [1.165, 1.54) is 29.5 Å². The first-order valence-electron chi connectivity index (χ1n) is 9.21. The topological polar surface area (TPSA) is 54.5 Å². The molecule has 0 saturated carbocycles. The summed E-state index contributed by atoms with van der Waals surface area (Å²) < 4.78 is 44.2. The third-order valence-corrected chi connectivity index (χ3v) is 5.63. The predicted molar refractivity (Wildman–Crippen MR) is 108 cm³/mol. The van der Waals surface area contributed by atoms with Crippen molar-refractivity contribution in [2.24, 2.45) is 0 Å². The van der Waals surface area contributed by atoms with Crippen LogP contribution in [0.4, 0.5) is 18.3 Å². The molecule has 9 heteroatoms. The molecule has 156 valence electrons. The van der Waals surface area contributed by atoms with Gasteiger partial charge in [-0.15, -0.1) is 11.3 Å². The van der Waals surface area contributed by atoms with Gasteiger partial charge in [-0.05, 0) is 43.4 Å². The van der Waals surface area contributed by atoms with Gasteiger partial charge < -0.3 is 9.64 Å². The standard InChI is InChI=1S/C21H18F3N3O2S/c1-27-9-8-17-18(12-27)30-20(25-17)26-19(28)13-4-2-6-15(10-13)29-16-7-3-5-14(11-16)21(22,23)24/h2-7,10-11H,8-9,12H2,1H3,(H,25,26,28). The normalized spacial score (nSPS) is 14.3. The van der Waals surface area contributed by atoms with Crippen LogP contribution in [0.5, 0.6) is 11.5 Å². The number of likely N-dealkylation sites (N-methyl/N-ethyl adjacent to an activating group) is 1. The minimum absolute atomic E-state index is 0.0408. The number of anilines is 1. The van der Waals surface area contributed by atoms with Crippen molar-refractivity contribution in [3.63, 3.8) is 0 Å². The maximum atomic E-state index is 12.9. The molecule has 4 rings (SSSR count). The van der Waals surface area contributed by atoms with Gasteiger partial charge in [0.15, 0.2) is 5.13 Å². The number of aromatic nitrogens is 1. The molecule has 1 N–H and O–H groups in total. The molecule has 0 aliphatic carbocycles. The number of nitrogens with one attached hydrogen (secondary N) is 1. The van der Waals surface area contributed by atoms with E-state index in [0.717, 1.165) is 42.2 Å². The molecule has 2 aromatic carbocycles. The third-order valence-electron chi connectivity index (χ3n) is 4.64. The number of thiazole rings is 1. The smallest absolute Gasteiger partial charge is 0.416 e. The second kappa shape index (κ2) is 8.08. The van der Waals surface area contributed by atoms with Crippen LogP contribution in [0, 0.1) is 0 Å². The van der Waals surface area contributed by atoms with Crippen LogP contribution in [0.2, 0.25) is 0 Å². The molecule has 1 amide bonds. The Labute approximate surface area is 175 Å². The van der Waals surface area contributed by atoms with Crippen molar-refractivity contribution in [2.75, 3.05) is 18.9 Å². The fourth-order valence-corrected chi connectivity index (χ4v) is 4.20. The van der Waals surface area contributed by atoms with Crippen molar-refractivity contribution in [1.29, 1.82) is 0 Å². The highest BCUT2D eigenvalue weighted by molar-refractivity contribution is 7.15. The molecule has 1 aliphatic heterocycles. The van der Waals surface area contributed by atoms with E-state index in [-0.39, 0.29) is 17.4 Å². The minimum Gasteiger partial charge on any atom is -0.457 e. The summed E-state index contributed by atoms with van der Waals surface area (Å²) in [4.78, 5) is 20.5. The highest BCUT2D eigenvalue weighted by atomic mass is 32.1. The number of amides is 1.